The van der Waals surface area contributed by atoms with Crippen molar-refractivity contribution in [2.75, 3.05) is 23.7 Å². The molecule has 2 aromatic rings. The third kappa shape index (κ3) is 5.23. The largest absolute Gasteiger partial charge is 0.326 e. The number of piperidine rings is 1. The Morgan fingerprint density at radius 1 is 1.07 bits per heavy atom. The summed E-state index contributed by atoms with van der Waals surface area (Å²) in [5, 5.41) is 6.25. The number of benzene rings is 2. The lowest BCUT2D eigenvalue weighted by atomic mass is 9.85. The maximum atomic E-state index is 13.0. The van der Waals surface area contributed by atoms with Crippen LogP contribution in [0.15, 0.2) is 48.5 Å². The average Bonchev–Trinajstić information content (AvgIpc) is 2.69. The van der Waals surface area contributed by atoms with Gasteiger partial charge in [-0.05, 0) is 61.2 Å². The number of carbonyl (C=O) groups is 2. The number of rotatable bonds is 4. The van der Waals surface area contributed by atoms with Gasteiger partial charge in [-0.1, -0.05) is 24.6 Å². The standard InChI is InChI=1S/C21H23ClFN3O2/c1-14(20(27)24-19-4-2-3-16(22)13-19)15-9-11-26(12-10-15)21(28)25-18-7-5-17(23)6-8-18/h2-8,13-15H,9-12H2,1H3,(H,24,27)(H,25,28). The van der Waals surface area contributed by atoms with E-state index in [-0.39, 0.29) is 29.6 Å². The Morgan fingerprint density at radius 3 is 2.39 bits per heavy atom. The van der Waals surface area contributed by atoms with Crippen LogP contribution in [-0.2, 0) is 4.79 Å². The molecule has 5 nitrogen and oxygen atoms in total. The lowest BCUT2D eigenvalue weighted by Gasteiger charge is -2.34. The number of likely N-dealkylation sites (tertiary alicyclic amines) is 1. The summed E-state index contributed by atoms with van der Waals surface area (Å²) >= 11 is 5.95. The summed E-state index contributed by atoms with van der Waals surface area (Å²) in [6, 6.07) is 12.5. The van der Waals surface area contributed by atoms with Crippen molar-refractivity contribution < 1.29 is 14.0 Å². The smallest absolute Gasteiger partial charge is 0.321 e. The molecule has 1 aliphatic heterocycles. The van der Waals surface area contributed by atoms with Gasteiger partial charge >= 0.3 is 6.03 Å². The van der Waals surface area contributed by atoms with Gasteiger partial charge in [0.25, 0.3) is 0 Å². The van der Waals surface area contributed by atoms with E-state index in [9.17, 15) is 14.0 Å². The molecule has 0 bridgehead atoms. The van der Waals surface area contributed by atoms with E-state index in [4.69, 9.17) is 11.6 Å². The molecule has 28 heavy (non-hydrogen) atoms. The third-order valence-electron chi connectivity index (χ3n) is 5.14. The maximum Gasteiger partial charge on any atom is 0.321 e. The molecule has 1 saturated heterocycles. The Bertz CT molecular complexity index is 836. The van der Waals surface area contributed by atoms with Gasteiger partial charge in [-0.25, -0.2) is 9.18 Å². The number of amides is 3. The van der Waals surface area contributed by atoms with Crippen LogP contribution >= 0.6 is 11.6 Å². The van der Waals surface area contributed by atoms with Gasteiger partial charge in [0.1, 0.15) is 5.82 Å². The minimum absolute atomic E-state index is 0.0449. The van der Waals surface area contributed by atoms with Gasteiger partial charge in [-0.2, -0.15) is 0 Å². The Balaban J connectivity index is 1.49. The van der Waals surface area contributed by atoms with E-state index < -0.39 is 0 Å². The van der Waals surface area contributed by atoms with Crippen LogP contribution in [0.25, 0.3) is 0 Å². The van der Waals surface area contributed by atoms with Crippen molar-refractivity contribution in [2.45, 2.75) is 19.8 Å². The summed E-state index contributed by atoms with van der Waals surface area (Å²) in [4.78, 5) is 26.6. The summed E-state index contributed by atoms with van der Waals surface area (Å²) in [7, 11) is 0. The molecule has 1 fully saturated rings. The Labute approximate surface area is 168 Å². The van der Waals surface area contributed by atoms with Gasteiger partial charge in [-0.15, -0.1) is 0 Å². The molecule has 3 amide bonds. The minimum atomic E-state index is -0.344. The van der Waals surface area contributed by atoms with E-state index >= 15 is 0 Å². The van der Waals surface area contributed by atoms with Gasteiger partial charge in [0.2, 0.25) is 5.91 Å². The third-order valence-corrected chi connectivity index (χ3v) is 5.37. The first kappa shape index (κ1) is 20.1. The van der Waals surface area contributed by atoms with Crippen molar-refractivity contribution >= 4 is 34.9 Å². The fraction of sp³-hybridized carbons (Fsp3) is 0.333. The molecular weight excluding hydrogens is 381 g/mol. The van der Waals surface area contributed by atoms with E-state index in [1.807, 2.05) is 6.92 Å². The monoisotopic (exact) mass is 403 g/mol. The Morgan fingerprint density at radius 2 is 1.75 bits per heavy atom. The van der Waals surface area contributed by atoms with Crippen molar-refractivity contribution in [2.24, 2.45) is 11.8 Å². The molecule has 0 aliphatic carbocycles. The topological polar surface area (TPSA) is 61.4 Å². The van der Waals surface area contributed by atoms with Crippen LogP contribution in [0.1, 0.15) is 19.8 Å². The van der Waals surface area contributed by atoms with Crippen molar-refractivity contribution in [1.82, 2.24) is 4.90 Å². The van der Waals surface area contributed by atoms with Crippen molar-refractivity contribution in [3.63, 3.8) is 0 Å². The van der Waals surface area contributed by atoms with Crippen molar-refractivity contribution in [3.8, 4) is 0 Å². The molecule has 0 spiro atoms. The normalized spacial score (nSPS) is 15.8. The minimum Gasteiger partial charge on any atom is -0.326 e. The summed E-state index contributed by atoms with van der Waals surface area (Å²) in [6.07, 6.45) is 1.50. The number of hydrogen-bond donors (Lipinski definition) is 2. The number of halogens is 2. The lowest BCUT2D eigenvalue weighted by molar-refractivity contribution is -0.121. The molecule has 0 radical (unpaired) electrons. The highest BCUT2D eigenvalue weighted by atomic mass is 35.5. The van der Waals surface area contributed by atoms with E-state index in [1.54, 1.807) is 29.2 Å². The Kier molecular flexibility index (Phi) is 6.52. The highest BCUT2D eigenvalue weighted by molar-refractivity contribution is 6.30. The number of anilines is 2. The SMILES string of the molecule is CC(C(=O)Nc1cccc(Cl)c1)C1CCN(C(=O)Nc2ccc(F)cc2)CC1. The van der Waals surface area contributed by atoms with Crippen LogP contribution in [0.2, 0.25) is 5.02 Å². The van der Waals surface area contributed by atoms with Crippen LogP contribution < -0.4 is 10.6 Å². The van der Waals surface area contributed by atoms with Gasteiger partial charge in [0.15, 0.2) is 0 Å². The molecule has 0 aromatic heterocycles. The molecule has 1 unspecified atom stereocenters. The predicted octanol–water partition coefficient (Wildman–Crippen LogP) is 5.00. The van der Waals surface area contributed by atoms with Crippen LogP contribution in [0.3, 0.4) is 0 Å². The molecule has 2 N–H and O–H groups in total. The molecule has 1 aliphatic rings. The average molecular weight is 404 g/mol. The maximum absolute atomic E-state index is 13.0. The number of hydrogen-bond acceptors (Lipinski definition) is 2. The first-order valence-corrected chi connectivity index (χ1v) is 9.68. The van der Waals surface area contributed by atoms with Crippen LogP contribution in [0, 0.1) is 17.7 Å². The first-order valence-electron chi connectivity index (χ1n) is 9.30. The summed E-state index contributed by atoms with van der Waals surface area (Å²) < 4.78 is 13.0. The highest BCUT2D eigenvalue weighted by Crippen LogP contribution is 2.27. The second-order valence-corrected chi connectivity index (χ2v) is 7.49. The van der Waals surface area contributed by atoms with Gasteiger partial charge in [-0.3, -0.25) is 4.79 Å². The molecule has 2 aromatic carbocycles. The number of nitrogens with one attached hydrogen (secondary N) is 2. The number of urea groups is 1. The molecule has 1 atom stereocenters. The van der Waals surface area contributed by atoms with E-state index in [2.05, 4.69) is 10.6 Å². The molecule has 1 heterocycles. The number of nitrogens with zero attached hydrogens (tertiary/aromatic N) is 1. The van der Waals surface area contributed by atoms with Crippen molar-refractivity contribution in [1.29, 1.82) is 0 Å². The second-order valence-electron chi connectivity index (χ2n) is 7.05. The van der Waals surface area contributed by atoms with Crippen LogP contribution in [-0.4, -0.2) is 29.9 Å². The summed E-state index contributed by atoms with van der Waals surface area (Å²) in [5.74, 6) is -0.351. The molecular formula is C21H23ClFN3O2. The lowest BCUT2D eigenvalue weighted by Crippen LogP contribution is -2.43. The molecule has 0 saturated carbocycles. The van der Waals surface area contributed by atoms with E-state index in [0.29, 0.717) is 29.5 Å². The fourth-order valence-corrected chi connectivity index (χ4v) is 3.56. The summed E-state index contributed by atoms with van der Waals surface area (Å²) in [5.41, 5.74) is 1.24. The van der Waals surface area contributed by atoms with Crippen LogP contribution in [0.4, 0.5) is 20.6 Å². The van der Waals surface area contributed by atoms with Gasteiger partial charge in [0.05, 0.1) is 0 Å². The fourth-order valence-electron chi connectivity index (χ4n) is 3.37. The van der Waals surface area contributed by atoms with Gasteiger partial charge < -0.3 is 15.5 Å². The molecule has 3 rings (SSSR count). The number of carbonyl (C=O) groups excluding carboxylic acids is 2. The summed E-state index contributed by atoms with van der Waals surface area (Å²) in [6.45, 7) is 3.07. The van der Waals surface area contributed by atoms with Crippen molar-refractivity contribution in [3.05, 3.63) is 59.4 Å². The zero-order chi connectivity index (χ0) is 20.1. The van der Waals surface area contributed by atoms with E-state index in [0.717, 1.165) is 12.8 Å². The second kappa shape index (κ2) is 9.06. The predicted molar refractivity (Wildman–Crippen MR) is 109 cm³/mol. The molecule has 7 heteroatoms. The van der Waals surface area contributed by atoms with E-state index in [1.165, 1.54) is 24.3 Å². The van der Waals surface area contributed by atoms with Gasteiger partial charge in [0, 0.05) is 35.4 Å². The zero-order valence-electron chi connectivity index (χ0n) is 15.6. The Hall–Kier alpha value is -2.60. The molecule has 148 valence electrons. The quantitative estimate of drug-likeness (QED) is 0.754. The first-order chi connectivity index (χ1) is 13.4. The zero-order valence-corrected chi connectivity index (χ0v) is 16.4. The highest BCUT2D eigenvalue weighted by Gasteiger charge is 2.30. The van der Waals surface area contributed by atoms with Crippen LogP contribution in [0.5, 0.6) is 0 Å².